The van der Waals surface area contributed by atoms with Crippen molar-refractivity contribution >= 4 is 24.2 Å². The number of halogens is 1. The predicted octanol–water partition coefficient (Wildman–Crippen LogP) is -0.377. The van der Waals surface area contributed by atoms with Crippen LogP contribution < -0.4 is 11.5 Å². The Morgan fingerprint density at radius 1 is 1.27 bits per heavy atom. The number of hydrogen-bond donors (Lipinski definition) is 2. The molecule has 0 bridgehead atoms. The van der Waals surface area contributed by atoms with E-state index in [1.54, 1.807) is 4.90 Å². The van der Waals surface area contributed by atoms with Crippen molar-refractivity contribution in [2.75, 3.05) is 13.1 Å². The third-order valence-electron chi connectivity index (χ3n) is 2.44. The second-order valence-corrected chi connectivity index (χ2v) is 3.64. The summed E-state index contributed by atoms with van der Waals surface area (Å²) in [6.07, 6.45) is 2.63. The largest absolute Gasteiger partial charge is 0.370 e. The average Bonchev–Trinajstić information content (AvgIpc) is 2.65. The molecule has 5 nitrogen and oxygen atoms in total. The summed E-state index contributed by atoms with van der Waals surface area (Å²) in [7, 11) is 0. The number of nitrogens with zero attached hydrogens (tertiary/aromatic N) is 1. The molecule has 0 aliphatic carbocycles. The van der Waals surface area contributed by atoms with Gasteiger partial charge in [-0.3, -0.25) is 9.59 Å². The van der Waals surface area contributed by atoms with Crippen LogP contribution in [0, 0.1) is 0 Å². The summed E-state index contributed by atoms with van der Waals surface area (Å²) in [4.78, 5) is 23.9. The van der Waals surface area contributed by atoms with Crippen molar-refractivity contribution in [1.82, 2.24) is 4.90 Å². The molecular formula is C9H18ClN3O2. The van der Waals surface area contributed by atoms with E-state index in [4.69, 9.17) is 11.5 Å². The van der Waals surface area contributed by atoms with Gasteiger partial charge < -0.3 is 16.4 Å². The topological polar surface area (TPSA) is 89.4 Å². The lowest BCUT2D eigenvalue weighted by atomic mass is 10.1. The van der Waals surface area contributed by atoms with Crippen molar-refractivity contribution in [3.63, 3.8) is 0 Å². The molecule has 1 aliphatic rings. The summed E-state index contributed by atoms with van der Waals surface area (Å²) in [6, 6.07) is -0.569. The minimum Gasteiger partial charge on any atom is -0.370 e. The molecule has 0 aromatic rings. The molecule has 4 N–H and O–H groups in total. The van der Waals surface area contributed by atoms with Gasteiger partial charge in [-0.25, -0.2) is 0 Å². The molecular weight excluding hydrogens is 218 g/mol. The maximum Gasteiger partial charge on any atom is 0.239 e. The Kier molecular flexibility index (Phi) is 6.27. The van der Waals surface area contributed by atoms with E-state index in [0.717, 1.165) is 25.9 Å². The van der Waals surface area contributed by atoms with Gasteiger partial charge in [0.15, 0.2) is 0 Å². The summed E-state index contributed by atoms with van der Waals surface area (Å²) in [6.45, 7) is 1.59. The summed E-state index contributed by atoms with van der Waals surface area (Å²) in [5.41, 5.74) is 10.6. The summed E-state index contributed by atoms with van der Waals surface area (Å²) in [5.74, 6) is -0.460. The predicted molar refractivity (Wildman–Crippen MR) is 59.5 cm³/mol. The van der Waals surface area contributed by atoms with Crippen LogP contribution in [0.15, 0.2) is 0 Å². The van der Waals surface area contributed by atoms with Gasteiger partial charge in [-0.05, 0) is 19.3 Å². The lowest BCUT2D eigenvalue weighted by Gasteiger charge is -2.19. The van der Waals surface area contributed by atoms with E-state index in [0.29, 0.717) is 6.42 Å². The van der Waals surface area contributed by atoms with E-state index in [1.165, 1.54) is 0 Å². The van der Waals surface area contributed by atoms with Crippen LogP contribution in [-0.2, 0) is 9.59 Å². The lowest BCUT2D eigenvalue weighted by Crippen LogP contribution is -2.42. The molecule has 0 radical (unpaired) electrons. The SMILES string of the molecule is Cl.NC(=O)CC[C@H](N)C(=O)N1CCCC1. The quantitative estimate of drug-likeness (QED) is 0.696. The molecule has 0 spiro atoms. The van der Waals surface area contributed by atoms with Crippen LogP contribution in [0.5, 0.6) is 0 Å². The van der Waals surface area contributed by atoms with Gasteiger partial charge >= 0.3 is 0 Å². The van der Waals surface area contributed by atoms with Crippen molar-refractivity contribution in [3.05, 3.63) is 0 Å². The van der Waals surface area contributed by atoms with Crippen molar-refractivity contribution in [1.29, 1.82) is 0 Å². The van der Waals surface area contributed by atoms with E-state index < -0.39 is 11.9 Å². The Morgan fingerprint density at radius 2 is 1.80 bits per heavy atom. The van der Waals surface area contributed by atoms with Crippen LogP contribution in [0.4, 0.5) is 0 Å². The number of primary amides is 1. The van der Waals surface area contributed by atoms with Gasteiger partial charge in [0.05, 0.1) is 6.04 Å². The Hall–Kier alpha value is -0.810. The van der Waals surface area contributed by atoms with E-state index in [2.05, 4.69) is 0 Å². The van der Waals surface area contributed by atoms with Crippen LogP contribution >= 0.6 is 12.4 Å². The highest BCUT2D eigenvalue weighted by Gasteiger charge is 2.23. The number of rotatable bonds is 4. The Bertz CT molecular complexity index is 229. The molecule has 1 rings (SSSR count). The van der Waals surface area contributed by atoms with Gasteiger partial charge in [0.2, 0.25) is 11.8 Å². The first-order valence-corrected chi connectivity index (χ1v) is 4.94. The number of amides is 2. The highest BCUT2D eigenvalue weighted by Crippen LogP contribution is 2.10. The highest BCUT2D eigenvalue weighted by atomic mass is 35.5. The van der Waals surface area contributed by atoms with Crippen LogP contribution in [0.25, 0.3) is 0 Å². The molecule has 0 aromatic heterocycles. The normalized spacial score (nSPS) is 17.0. The fourth-order valence-electron chi connectivity index (χ4n) is 1.59. The average molecular weight is 236 g/mol. The van der Waals surface area contributed by atoms with Gasteiger partial charge in [-0.15, -0.1) is 12.4 Å². The Balaban J connectivity index is 0.00000196. The first-order chi connectivity index (χ1) is 6.61. The van der Waals surface area contributed by atoms with E-state index in [9.17, 15) is 9.59 Å². The van der Waals surface area contributed by atoms with Crippen molar-refractivity contribution in [3.8, 4) is 0 Å². The molecule has 0 unspecified atom stereocenters. The van der Waals surface area contributed by atoms with E-state index >= 15 is 0 Å². The summed E-state index contributed by atoms with van der Waals surface area (Å²) >= 11 is 0. The van der Waals surface area contributed by atoms with Crippen LogP contribution in [0.2, 0.25) is 0 Å². The standard InChI is InChI=1S/C9H17N3O2.ClH/c10-7(3-4-8(11)13)9(14)12-5-1-2-6-12;/h7H,1-6,10H2,(H2,11,13);1H/t7-;/m0./s1. The maximum atomic E-state index is 11.6. The number of carbonyl (C=O) groups is 2. The molecule has 15 heavy (non-hydrogen) atoms. The second-order valence-electron chi connectivity index (χ2n) is 3.64. The maximum absolute atomic E-state index is 11.6. The van der Waals surface area contributed by atoms with Crippen LogP contribution in [0.3, 0.4) is 0 Å². The van der Waals surface area contributed by atoms with Gasteiger partial charge in [0.25, 0.3) is 0 Å². The molecule has 88 valence electrons. The molecule has 1 saturated heterocycles. The zero-order valence-corrected chi connectivity index (χ0v) is 9.46. The van der Waals surface area contributed by atoms with Crippen LogP contribution in [0.1, 0.15) is 25.7 Å². The summed E-state index contributed by atoms with van der Waals surface area (Å²) in [5, 5.41) is 0. The molecule has 1 aliphatic heterocycles. The number of nitrogens with two attached hydrogens (primary N) is 2. The fraction of sp³-hybridized carbons (Fsp3) is 0.778. The van der Waals surface area contributed by atoms with E-state index in [-0.39, 0.29) is 24.7 Å². The third-order valence-corrected chi connectivity index (χ3v) is 2.44. The molecule has 1 fully saturated rings. The first-order valence-electron chi connectivity index (χ1n) is 4.94. The van der Waals surface area contributed by atoms with Crippen molar-refractivity contribution in [2.24, 2.45) is 11.5 Å². The van der Waals surface area contributed by atoms with Gasteiger partial charge in [0.1, 0.15) is 0 Å². The molecule has 1 atom stereocenters. The fourth-order valence-corrected chi connectivity index (χ4v) is 1.59. The zero-order chi connectivity index (χ0) is 10.6. The molecule has 0 aromatic carbocycles. The van der Waals surface area contributed by atoms with Crippen LogP contribution in [-0.4, -0.2) is 35.8 Å². The smallest absolute Gasteiger partial charge is 0.239 e. The van der Waals surface area contributed by atoms with Gasteiger partial charge in [-0.1, -0.05) is 0 Å². The van der Waals surface area contributed by atoms with Crippen molar-refractivity contribution in [2.45, 2.75) is 31.7 Å². The highest BCUT2D eigenvalue weighted by molar-refractivity contribution is 5.85. The lowest BCUT2D eigenvalue weighted by molar-refractivity contribution is -0.131. The number of carbonyl (C=O) groups excluding carboxylic acids is 2. The Morgan fingerprint density at radius 3 is 2.27 bits per heavy atom. The second kappa shape index (κ2) is 6.63. The van der Waals surface area contributed by atoms with Gasteiger partial charge in [0, 0.05) is 19.5 Å². The number of likely N-dealkylation sites (tertiary alicyclic amines) is 1. The minimum atomic E-state index is -0.569. The first kappa shape index (κ1) is 14.2. The third kappa shape index (κ3) is 4.48. The number of hydrogen-bond acceptors (Lipinski definition) is 3. The van der Waals surface area contributed by atoms with E-state index in [1.807, 2.05) is 0 Å². The monoisotopic (exact) mass is 235 g/mol. The zero-order valence-electron chi connectivity index (χ0n) is 8.65. The summed E-state index contributed by atoms with van der Waals surface area (Å²) < 4.78 is 0. The molecule has 6 heteroatoms. The molecule has 0 saturated carbocycles. The Labute approximate surface area is 95.6 Å². The molecule has 1 heterocycles. The van der Waals surface area contributed by atoms with Crippen molar-refractivity contribution < 1.29 is 9.59 Å². The molecule has 2 amide bonds. The minimum absolute atomic E-state index is 0. The van der Waals surface area contributed by atoms with Gasteiger partial charge in [-0.2, -0.15) is 0 Å².